The first-order chi connectivity index (χ1) is 13.3. The predicted octanol–water partition coefficient (Wildman–Crippen LogP) is 4.95. The van der Waals surface area contributed by atoms with Crippen LogP contribution in [0.4, 0.5) is 5.69 Å². The van der Waals surface area contributed by atoms with Gasteiger partial charge >= 0.3 is 5.97 Å². The van der Waals surface area contributed by atoms with Crippen molar-refractivity contribution in [2.24, 2.45) is 5.92 Å². The number of carbonyl (C=O) groups excluding carboxylic acids is 1. The molecule has 1 aliphatic rings. The number of aliphatic carboxylic acids is 1. The molecule has 0 saturated heterocycles. The number of carbonyl (C=O) groups is 2. The van der Waals surface area contributed by atoms with E-state index < -0.39 is 24.6 Å². The highest BCUT2D eigenvalue weighted by molar-refractivity contribution is 6.31. The van der Waals surface area contributed by atoms with Crippen molar-refractivity contribution in [1.82, 2.24) is 0 Å². The number of fused-ring (bicyclic) bond motifs is 1. The highest BCUT2D eigenvalue weighted by atomic mass is 35.5. The summed E-state index contributed by atoms with van der Waals surface area (Å²) in [5, 5.41) is 10.3. The van der Waals surface area contributed by atoms with Crippen molar-refractivity contribution in [2.45, 2.75) is 32.5 Å². The summed E-state index contributed by atoms with van der Waals surface area (Å²) in [7, 11) is 0. The first-order valence-corrected chi connectivity index (χ1v) is 9.76. The van der Waals surface area contributed by atoms with Crippen molar-refractivity contribution in [3.05, 3.63) is 63.6 Å². The number of rotatable bonds is 5. The molecular formula is C21H21Cl2NO4. The molecule has 3 rings (SSSR count). The number of ether oxygens (including phenoxy) is 1. The van der Waals surface area contributed by atoms with Crippen LogP contribution in [0.2, 0.25) is 10.0 Å². The molecule has 2 atom stereocenters. The van der Waals surface area contributed by atoms with E-state index in [1.54, 1.807) is 41.3 Å². The van der Waals surface area contributed by atoms with E-state index in [0.29, 0.717) is 33.4 Å². The van der Waals surface area contributed by atoms with Gasteiger partial charge in [-0.15, -0.1) is 0 Å². The Bertz CT molecular complexity index is 900. The second-order valence-corrected chi connectivity index (χ2v) is 8.01. The maximum Gasteiger partial charge on any atom is 0.306 e. The van der Waals surface area contributed by atoms with Crippen LogP contribution in [0.5, 0.6) is 0 Å². The fraction of sp³-hybridized carbons (Fsp3) is 0.333. The van der Waals surface area contributed by atoms with Crippen LogP contribution in [0, 0.1) is 5.92 Å². The zero-order valence-electron chi connectivity index (χ0n) is 15.6. The number of hydrogen-bond donors (Lipinski definition) is 1. The van der Waals surface area contributed by atoms with Crippen molar-refractivity contribution in [3.63, 3.8) is 0 Å². The van der Waals surface area contributed by atoms with Gasteiger partial charge in [0.25, 0.3) is 5.91 Å². The van der Waals surface area contributed by atoms with Gasteiger partial charge in [0.1, 0.15) is 12.2 Å². The average Bonchev–Trinajstić information content (AvgIpc) is 2.72. The Balaban J connectivity index is 2.20. The van der Waals surface area contributed by atoms with Gasteiger partial charge in [-0.25, -0.2) is 0 Å². The first kappa shape index (κ1) is 20.6. The van der Waals surface area contributed by atoms with Gasteiger partial charge in [-0.3, -0.25) is 9.59 Å². The maximum absolute atomic E-state index is 13.2. The molecule has 2 unspecified atom stereocenters. The van der Waals surface area contributed by atoms with Crippen molar-refractivity contribution >= 4 is 40.8 Å². The Kier molecular flexibility index (Phi) is 6.28. The SMILES string of the molecule is CC(C)CN1C(=O)C(CC(=O)O)OC(c2ccccc2Cl)c2cc(Cl)ccc21. The molecule has 1 amide bonds. The number of benzene rings is 2. The van der Waals surface area contributed by atoms with Crippen LogP contribution in [-0.4, -0.2) is 29.6 Å². The second kappa shape index (κ2) is 8.52. The van der Waals surface area contributed by atoms with E-state index in [0.717, 1.165) is 0 Å². The lowest BCUT2D eigenvalue weighted by atomic mass is 9.99. The number of nitrogens with zero attached hydrogens (tertiary/aromatic N) is 1. The minimum atomic E-state index is -1.14. The third-order valence-electron chi connectivity index (χ3n) is 4.50. The van der Waals surface area contributed by atoms with Crippen LogP contribution in [0.3, 0.4) is 0 Å². The second-order valence-electron chi connectivity index (χ2n) is 7.17. The van der Waals surface area contributed by atoms with Gasteiger partial charge in [0.05, 0.1) is 6.42 Å². The molecule has 0 aliphatic carbocycles. The fourth-order valence-corrected chi connectivity index (χ4v) is 3.76. The molecule has 7 heteroatoms. The molecule has 5 nitrogen and oxygen atoms in total. The van der Waals surface area contributed by atoms with Crippen LogP contribution in [0.1, 0.15) is 37.5 Å². The van der Waals surface area contributed by atoms with Crippen molar-refractivity contribution in [3.8, 4) is 0 Å². The minimum absolute atomic E-state index is 0.176. The van der Waals surface area contributed by atoms with Gasteiger partial charge in [0.15, 0.2) is 0 Å². The summed E-state index contributed by atoms with van der Waals surface area (Å²) in [5.41, 5.74) is 1.99. The van der Waals surface area contributed by atoms with Crippen molar-refractivity contribution in [2.75, 3.05) is 11.4 Å². The number of hydrogen-bond acceptors (Lipinski definition) is 3. The summed E-state index contributed by atoms with van der Waals surface area (Å²) >= 11 is 12.6. The molecule has 28 heavy (non-hydrogen) atoms. The van der Waals surface area contributed by atoms with E-state index in [4.69, 9.17) is 27.9 Å². The van der Waals surface area contributed by atoms with Gasteiger partial charge in [0, 0.05) is 33.4 Å². The normalized spacial score (nSPS) is 19.5. The molecule has 1 N–H and O–H groups in total. The van der Waals surface area contributed by atoms with Crippen LogP contribution < -0.4 is 4.90 Å². The first-order valence-electron chi connectivity index (χ1n) is 9.00. The Morgan fingerprint density at radius 2 is 1.89 bits per heavy atom. The third kappa shape index (κ3) is 4.32. The van der Waals surface area contributed by atoms with Gasteiger partial charge < -0.3 is 14.7 Å². The lowest BCUT2D eigenvalue weighted by molar-refractivity contribution is -0.146. The molecule has 1 aliphatic heterocycles. The number of anilines is 1. The lowest BCUT2D eigenvalue weighted by Crippen LogP contribution is -2.42. The number of carboxylic acid groups (broad SMARTS) is 1. The van der Waals surface area contributed by atoms with E-state index in [2.05, 4.69) is 0 Å². The Hall–Kier alpha value is -2.08. The summed E-state index contributed by atoms with van der Waals surface area (Å²) in [5.74, 6) is -1.31. The molecule has 148 valence electrons. The van der Waals surface area contributed by atoms with Gasteiger partial charge in [-0.1, -0.05) is 55.2 Å². The van der Waals surface area contributed by atoms with Crippen LogP contribution >= 0.6 is 23.2 Å². The standard InChI is InChI=1S/C21H21Cl2NO4/c1-12(2)11-24-17-8-7-13(22)9-15(17)20(14-5-3-4-6-16(14)23)28-18(21(24)27)10-19(25)26/h3-9,12,18,20H,10-11H2,1-2H3,(H,25,26). The molecule has 2 aromatic rings. The van der Waals surface area contributed by atoms with Gasteiger partial charge in [-0.2, -0.15) is 0 Å². The van der Waals surface area contributed by atoms with Crippen LogP contribution in [-0.2, 0) is 14.3 Å². The van der Waals surface area contributed by atoms with Gasteiger partial charge in [0.2, 0.25) is 0 Å². The third-order valence-corrected chi connectivity index (χ3v) is 5.08. The smallest absolute Gasteiger partial charge is 0.306 e. The summed E-state index contributed by atoms with van der Waals surface area (Å²) in [6.07, 6.45) is -2.28. The molecule has 2 aromatic carbocycles. The monoisotopic (exact) mass is 421 g/mol. The number of halogens is 2. The molecule has 0 bridgehead atoms. The minimum Gasteiger partial charge on any atom is -0.481 e. The van der Waals surface area contributed by atoms with Gasteiger partial charge in [-0.05, 0) is 30.2 Å². The van der Waals surface area contributed by atoms with E-state index in [1.165, 1.54) is 0 Å². The summed E-state index contributed by atoms with van der Waals surface area (Å²) in [6, 6.07) is 12.4. The topological polar surface area (TPSA) is 66.8 Å². The Morgan fingerprint density at radius 3 is 2.54 bits per heavy atom. The average molecular weight is 422 g/mol. The van der Waals surface area contributed by atoms with E-state index in [1.807, 2.05) is 19.9 Å². The quantitative estimate of drug-likeness (QED) is 0.741. The molecule has 0 fully saturated rings. The maximum atomic E-state index is 13.2. The highest BCUT2D eigenvalue weighted by Crippen LogP contribution is 2.42. The molecule has 0 saturated carbocycles. The Morgan fingerprint density at radius 1 is 1.18 bits per heavy atom. The molecule has 1 heterocycles. The zero-order valence-corrected chi connectivity index (χ0v) is 17.1. The summed E-state index contributed by atoms with van der Waals surface area (Å²) in [6.45, 7) is 4.42. The zero-order chi connectivity index (χ0) is 20.4. The Labute approximate surface area is 173 Å². The van der Waals surface area contributed by atoms with Crippen LogP contribution in [0.25, 0.3) is 0 Å². The number of amides is 1. The van der Waals surface area contributed by atoms with Crippen molar-refractivity contribution < 1.29 is 19.4 Å². The molecule has 0 radical (unpaired) electrons. The van der Waals surface area contributed by atoms with E-state index >= 15 is 0 Å². The van der Waals surface area contributed by atoms with Crippen LogP contribution in [0.15, 0.2) is 42.5 Å². The van der Waals surface area contributed by atoms with Crippen molar-refractivity contribution in [1.29, 1.82) is 0 Å². The largest absolute Gasteiger partial charge is 0.481 e. The highest BCUT2D eigenvalue weighted by Gasteiger charge is 2.38. The summed E-state index contributed by atoms with van der Waals surface area (Å²) < 4.78 is 6.08. The molecular weight excluding hydrogens is 401 g/mol. The van der Waals surface area contributed by atoms with E-state index in [-0.39, 0.29) is 11.8 Å². The summed E-state index contributed by atoms with van der Waals surface area (Å²) in [4.78, 5) is 26.2. The predicted molar refractivity (Wildman–Crippen MR) is 109 cm³/mol. The molecule has 0 spiro atoms. The molecule has 0 aromatic heterocycles. The fourth-order valence-electron chi connectivity index (χ4n) is 3.35. The van der Waals surface area contributed by atoms with E-state index in [9.17, 15) is 14.7 Å². The number of carboxylic acids is 1. The lowest BCUT2D eigenvalue weighted by Gasteiger charge is -2.26.